The van der Waals surface area contributed by atoms with E-state index in [1.807, 2.05) is 6.07 Å². The van der Waals surface area contributed by atoms with E-state index in [4.69, 9.17) is 5.73 Å². The summed E-state index contributed by atoms with van der Waals surface area (Å²) >= 11 is 3.51. The molecule has 0 spiro atoms. The average Bonchev–Trinajstić information content (AvgIpc) is 2.58. The lowest BCUT2D eigenvalue weighted by Gasteiger charge is -2.05. The zero-order valence-corrected chi connectivity index (χ0v) is 17.4. The molecule has 1 aromatic rings. The first-order valence-electron chi connectivity index (χ1n) is 10.3. The van der Waals surface area contributed by atoms with Crippen LogP contribution < -0.4 is 5.73 Å². The topological polar surface area (TPSA) is 26.0 Å². The summed E-state index contributed by atoms with van der Waals surface area (Å²) < 4.78 is 1.03. The number of halogens is 1. The van der Waals surface area contributed by atoms with E-state index in [1.54, 1.807) is 0 Å². The molecule has 0 unspecified atom stereocenters. The van der Waals surface area contributed by atoms with Crippen molar-refractivity contribution in [3.05, 3.63) is 28.2 Å². The van der Waals surface area contributed by atoms with E-state index >= 15 is 0 Å². The molecular weight excluding hydrogens is 358 g/mol. The summed E-state index contributed by atoms with van der Waals surface area (Å²) in [4.78, 5) is 0. The van der Waals surface area contributed by atoms with Crippen LogP contribution in [0.15, 0.2) is 22.7 Å². The van der Waals surface area contributed by atoms with Gasteiger partial charge >= 0.3 is 0 Å². The van der Waals surface area contributed by atoms with Gasteiger partial charge in [0, 0.05) is 10.2 Å². The van der Waals surface area contributed by atoms with Crippen LogP contribution in [0.2, 0.25) is 0 Å². The predicted molar refractivity (Wildman–Crippen MR) is 113 cm³/mol. The fourth-order valence-electron chi connectivity index (χ4n) is 3.25. The van der Waals surface area contributed by atoms with E-state index in [0.29, 0.717) is 0 Å². The van der Waals surface area contributed by atoms with Gasteiger partial charge in [0.05, 0.1) is 0 Å². The number of anilines is 1. The van der Waals surface area contributed by atoms with Gasteiger partial charge in [-0.15, -0.1) is 0 Å². The molecule has 2 heteroatoms. The highest BCUT2D eigenvalue weighted by atomic mass is 79.9. The molecule has 0 saturated carbocycles. The van der Waals surface area contributed by atoms with Crippen LogP contribution in [-0.4, -0.2) is 0 Å². The number of unbranched alkanes of at least 4 members (excludes halogenated alkanes) is 13. The standard InChI is InChI=1S/C22H38BrN/c1-2-3-4-5-6-7-8-9-10-11-12-13-14-15-16-20-17-18-22(24)21(23)19-20/h17-19H,2-16,24H2,1H3. The molecule has 138 valence electrons. The summed E-state index contributed by atoms with van der Waals surface area (Å²) in [6, 6.07) is 6.32. The van der Waals surface area contributed by atoms with Crippen LogP contribution in [0, 0.1) is 0 Å². The highest BCUT2D eigenvalue weighted by Crippen LogP contribution is 2.21. The van der Waals surface area contributed by atoms with Crippen LogP contribution in [0.3, 0.4) is 0 Å². The van der Waals surface area contributed by atoms with Crippen molar-refractivity contribution in [2.24, 2.45) is 0 Å². The number of nitrogen functional groups attached to an aromatic ring is 1. The van der Waals surface area contributed by atoms with Gasteiger partial charge in [-0.25, -0.2) is 0 Å². The van der Waals surface area contributed by atoms with Crippen LogP contribution in [0.25, 0.3) is 0 Å². The van der Waals surface area contributed by atoms with Crippen LogP contribution in [0.5, 0.6) is 0 Å². The molecule has 0 aliphatic carbocycles. The summed E-state index contributed by atoms with van der Waals surface area (Å²) in [7, 11) is 0. The third-order valence-corrected chi connectivity index (χ3v) is 5.57. The van der Waals surface area contributed by atoms with Crippen molar-refractivity contribution < 1.29 is 0 Å². The molecule has 0 fully saturated rings. The smallest absolute Gasteiger partial charge is 0.0458 e. The Kier molecular flexibility index (Phi) is 13.3. The molecule has 2 N–H and O–H groups in total. The van der Waals surface area contributed by atoms with Gasteiger partial charge in [-0.1, -0.05) is 96.5 Å². The second kappa shape index (κ2) is 14.8. The molecule has 1 rings (SSSR count). The number of hydrogen-bond acceptors (Lipinski definition) is 1. The molecule has 1 nitrogen and oxygen atoms in total. The van der Waals surface area contributed by atoms with Crippen molar-refractivity contribution in [2.75, 3.05) is 5.73 Å². The Morgan fingerprint density at radius 1 is 0.708 bits per heavy atom. The third-order valence-electron chi connectivity index (χ3n) is 4.88. The Morgan fingerprint density at radius 2 is 1.17 bits per heavy atom. The summed E-state index contributed by atoms with van der Waals surface area (Å²) in [6.45, 7) is 2.29. The van der Waals surface area contributed by atoms with Gasteiger partial charge < -0.3 is 5.73 Å². The minimum absolute atomic E-state index is 0.833. The summed E-state index contributed by atoms with van der Waals surface area (Å²) in [5, 5.41) is 0. The molecule has 0 bridgehead atoms. The molecule has 0 aromatic heterocycles. The van der Waals surface area contributed by atoms with Crippen LogP contribution in [0.4, 0.5) is 5.69 Å². The first-order chi connectivity index (χ1) is 11.7. The van der Waals surface area contributed by atoms with Gasteiger partial charge in [0.1, 0.15) is 0 Å². The maximum Gasteiger partial charge on any atom is 0.0458 e. The number of benzene rings is 1. The molecule has 0 atom stereocenters. The minimum Gasteiger partial charge on any atom is -0.398 e. The van der Waals surface area contributed by atoms with Gasteiger partial charge in [0.25, 0.3) is 0 Å². The fourth-order valence-corrected chi connectivity index (χ4v) is 3.68. The van der Waals surface area contributed by atoms with Gasteiger partial charge in [-0.05, 0) is 46.5 Å². The molecule has 0 heterocycles. The minimum atomic E-state index is 0.833. The van der Waals surface area contributed by atoms with Gasteiger partial charge in [0.2, 0.25) is 0 Å². The molecule has 0 aliphatic rings. The van der Waals surface area contributed by atoms with Crippen LogP contribution in [0.1, 0.15) is 102 Å². The zero-order chi connectivity index (χ0) is 17.5. The second-order valence-electron chi connectivity index (χ2n) is 7.20. The molecular formula is C22H38BrN. The molecule has 0 saturated heterocycles. The highest BCUT2D eigenvalue weighted by molar-refractivity contribution is 9.10. The van der Waals surface area contributed by atoms with E-state index in [2.05, 4.69) is 35.0 Å². The lowest BCUT2D eigenvalue weighted by Crippen LogP contribution is -1.90. The lowest BCUT2D eigenvalue weighted by atomic mass is 10.0. The Hall–Kier alpha value is -0.500. The lowest BCUT2D eigenvalue weighted by molar-refractivity contribution is 0.535. The fraction of sp³-hybridized carbons (Fsp3) is 0.727. The number of hydrogen-bond donors (Lipinski definition) is 1. The molecule has 24 heavy (non-hydrogen) atoms. The van der Waals surface area contributed by atoms with Gasteiger partial charge in [0.15, 0.2) is 0 Å². The second-order valence-corrected chi connectivity index (χ2v) is 8.06. The predicted octanol–water partition coefficient (Wildman–Crippen LogP) is 8.06. The van der Waals surface area contributed by atoms with E-state index < -0.39 is 0 Å². The SMILES string of the molecule is CCCCCCCCCCCCCCCCc1ccc(N)c(Br)c1. The Balaban J connectivity index is 1.83. The number of rotatable bonds is 15. The maximum absolute atomic E-state index is 5.82. The zero-order valence-electron chi connectivity index (χ0n) is 15.8. The summed E-state index contributed by atoms with van der Waals surface area (Å²) in [5.41, 5.74) is 8.05. The molecule has 0 radical (unpaired) electrons. The third kappa shape index (κ3) is 11.1. The molecule has 0 aliphatic heterocycles. The largest absolute Gasteiger partial charge is 0.398 e. The van der Waals surface area contributed by atoms with Crippen molar-refractivity contribution >= 4 is 21.6 Å². The first kappa shape index (κ1) is 21.5. The molecule has 0 amide bonds. The van der Waals surface area contributed by atoms with Crippen LogP contribution in [-0.2, 0) is 6.42 Å². The Bertz CT molecular complexity index is 416. The van der Waals surface area contributed by atoms with E-state index in [-0.39, 0.29) is 0 Å². The Morgan fingerprint density at radius 3 is 1.62 bits per heavy atom. The van der Waals surface area contributed by atoms with E-state index in [1.165, 1.54) is 102 Å². The van der Waals surface area contributed by atoms with Crippen molar-refractivity contribution in [1.82, 2.24) is 0 Å². The Labute approximate surface area is 158 Å². The van der Waals surface area contributed by atoms with Crippen molar-refractivity contribution in [2.45, 2.75) is 103 Å². The van der Waals surface area contributed by atoms with Crippen molar-refractivity contribution in [1.29, 1.82) is 0 Å². The van der Waals surface area contributed by atoms with E-state index in [0.717, 1.165) is 10.2 Å². The van der Waals surface area contributed by atoms with Gasteiger partial charge in [-0.3, -0.25) is 0 Å². The van der Waals surface area contributed by atoms with E-state index in [9.17, 15) is 0 Å². The highest BCUT2D eigenvalue weighted by Gasteiger charge is 1.99. The maximum atomic E-state index is 5.82. The monoisotopic (exact) mass is 395 g/mol. The number of aryl methyl sites for hydroxylation is 1. The molecule has 1 aromatic carbocycles. The average molecular weight is 396 g/mol. The number of nitrogens with two attached hydrogens (primary N) is 1. The summed E-state index contributed by atoms with van der Waals surface area (Å²) in [5.74, 6) is 0. The quantitative estimate of drug-likeness (QED) is 0.235. The normalized spacial score (nSPS) is 11.1. The van der Waals surface area contributed by atoms with Crippen molar-refractivity contribution in [3.8, 4) is 0 Å². The summed E-state index contributed by atoms with van der Waals surface area (Å²) in [6.07, 6.45) is 21.0. The van der Waals surface area contributed by atoms with Crippen molar-refractivity contribution in [3.63, 3.8) is 0 Å². The first-order valence-corrected chi connectivity index (χ1v) is 11.1. The van der Waals surface area contributed by atoms with Crippen LogP contribution >= 0.6 is 15.9 Å². The van der Waals surface area contributed by atoms with Gasteiger partial charge in [-0.2, -0.15) is 0 Å².